The van der Waals surface area contributed by atoms with Crippen molar-refractivity contribution in [3.63, 3.8) is 0 Å². The molecule has 258 valence electrons. The quantitative estimate of drug-likeness (QED) is 0.164. The van der Waals surface area contributed by atoms with Gasteiger partial charge in [0.25, 0.3) is 0 Å². The van der Waals surface area contributed by atoms with Crippen LogP contribution in [0.15, 0.2) is 200 Å². The molecular weight excluding hydrogens is 687 g/mol. The van der Waals surface area contributed by atoms with Crippen molar-refractivity contribution in [1.29, 1.82) is 0 Å². The zero-order chi connectivity index (χ0) is 46.1. The van der Waals surface area contributed by atoms with E-state index in [1.807, 2.05) is 127 Å². The number of nitrogens with zero attached hydrogens (tertiary/aromatic N) is 3. The molecule has 10 rings (SSSR count). The van der Waals surface area contributed by atoms with Gasteiger partial charge in [0, 0.05) is 36.9 Å². The Kier molecular flexibility index (Phi) is 5.87. The van der Waals surface area contributed by atoms with Gasteiger partial charge in [-0.25, -0.2) is 15.0 Å². The summed E-state index contributed by atoms with van der Waals surface area (Å²) in [6.07, 6.45) is 0. The molecule has 0 saturated carbocycles. The van der Waals surface area contributed by atoms with Gasteiger partial charge in [-0.3, -0.25) is 0 Å². The molecule has 0 spiro atoms. The third-order valence-electron chi connectivity index (χ3n) is 9.32. The lowest BCUT2D eigenvalue weighted by Crippen LogP contribution is -2.01. The van der Waals surface area contributed by atoms with Crippen LogP contribution >= 0.6 is 11.3 Å². The summed E-state index contributed by atoms with van der Waals surface area (Å²) in [5, 5.41) is -0.0373. The minimum absolute atomic E-state index is 0.0148. The van der Waals surface area contributed by atoms with Crippen molar-refractivity contribution in [2.24, 2.45) is 0 Å². The van der Waals surface area contributed by atoms with Gasteiger partial charge in [0.1, 0.15) is 0 Å². The molecule has 0 saturated heterocycles. The lowest BCUT2D eigenvalue weighted by atomic mass is 9.96. The summed E-state index contributed by atoms with van der Waals surface area (Å²) in [5.74, 6) is 0.427. The van der Waals surface area contributed by atoms with Crippen LogP contribution in [-0.4, -0.2) is 15.0 Å². The molecule has 0 aliphatic rings. The van der Waals surface area contributed by atoms with E-state index >= 15 is 0 Å². The van der Waals surface area contributed by atoms with Crippen molar-refractivity contribution < 1.29 is 15.1 Å². The van der Waals surface area contributed by atoms with E-state index in [0.29, 0.717) is 11.1 Å². The smallest absolute Gasteiger partial charge is 0.164 e. The van der Waals surface area contributed by atoms with E-state index in [0.717, 1.165) is 44.7 Å². The van der Waals surface area contributed by atoms with Gasteiger partial charge >= 0.3 is 0 Å². The van der Waals surface area contributed by atoms with Gasteiger partial charge in [-0.2, -0.15) is 0 Å². The van der Waals surface area contributed by atoms with Gasteiger partial charge in [0.05, 0.1) is 15.1 Å². The van der Waals surface area contributed by atoms with E-state index in [4.69, 9.17) is 25.9 Å². The molecule has 0 radical (unpaired) electrons. The molecule has 0 aliphatic heterocycles. The minimum Gasteiger partial charge on any atom is -0.208 e. The summed E-state index contributed by atoms with van der Waals surface area (Å²) < 4.78 is 98.3. The second-order valence-electron chi connectivity index (χ2n) is 12.8. The Morgan fingerprint density at radius 3 is 1.55 bits per heavy atom. The summed E-state index contributed by atoms with van der Waals surface area (Å²) in [7, 11) is 0. The van der Waals surface area contributed by atoms with E-state index in [1.54, 1.807) is 0 Å². The van der Waals surface area contributed by atoms with Gasteiger partial charge in [0.15, 0.2) is 17.5 Å². The maximum Gasteiger partial charge on any atom is 0.164 e. The highest BCUT2D eigenvalue weighted by Crippen LogP contribution is 2.42. The first-order valence-electron chi connectivity index (χ1n) is 23.0. The largest absolute Gasteiger partial charge is 0.208 e. The number of hydrogen-bond donors (Lipinski definition) is 0. The molecule has 0 N–H and O–H groups in total. The molecule has 0 atom stereocenters. The number of thiophene rings is 1. The molecular formula is C51H33N3S. The molecule has 8 aromatic carbocycles. The van der Waals surface area contributed by atoms with Gasteiger partial charge in [-0.05, 0) is 80.9 Å². The van der Waals surface area contributed by atoms with Crippen LogP contribution in [0.3, 0.4) is 0 Å². The minimum atomic E-state index is -0.656. The fourth-order valence-electron chi connectivity index (χ4n) is 6.69. The number of rotatable bonds is 7. The van der Waals surface area contributed by atoms with Crippen molar-refractivity contribution in [2.45, 2.75) is 0 Å². The van der Waals surface area contributed by atoms with Gasteiger partial charge in [-0.1, -0.05) is 164 Å². The van der Waals surface area contributed by atoms with Crippen molar-refractivity contribution in [3.8, 4) is 78.7 Å². The summed E-state index contributed by atoms with van der Waals surface area (Å²) in [5.41, 5.74) is 6.12. The van der Waals surface area contributed by atoms with E-state index in [-0.39, 0.29) is 60.4 Å². The normalized spacial score (nSPS) is 14.1. The topological polar surface area (TPSA) is 38.7 Å². The Morgan fingerprint density at radius 1 is 0.364 bits per heavy atom. The highest BCUT2D eigenvalue weighted by Gasteiger charge is 2.17. The monoisotopic (exact) mass is 730 g/mol. The van der Waals surface area contributed by atoms with Crippen LogP contribution in [-0.2, 0) is 0 Å². The molecule has 55 heavy (non-hydrogen) atoms. The van der Waals surface area contributed by atoms with Crippen molar-refractivity contribution in [3.05, 3.63) is 200 Å². The summed E-state index contributed by atoms with van der Waals surface area (Å²) in [4.78, 5) is 15.0. The molecule has 2 heterocycles. The fraction of sp³-hybridized carbons (Fsp3) is 0. The molecule has 3 nitrogen and oxygen atoms in total. The Morgan fingerprint density at radius 2 is 0.891 bits per heavy atom. The number of hydrogen-bond acceptors (Lipinski definition) is 4. The molecule has 0 aliphatic carbocycles. The van der Waals surface area contributed by atoms with E-state index < -0.39 is 60.4 Å². The van der Waals surface area contributed by atoms with Crippen molar-refractivity contribution in [1.82, 2.24) is 15.0 Å². The molecule has 0 unspecified atom stereocenters. The van der Waals surface area contributed by atoms with Crippen LogP contribution in [0, 0.1) is 0 Å². The van der Waals surface area contributed by atoms with Crippen molar-refractivity contribution in [2.75, 3.05) is 0 Å². The maximum atomic E-state index is 9.76. The Labute approximate surface area is 339 Å². The molecule has 10 aromatic rings. The van der Waals surface area contributed by atoms with Gasteiger partial charge < -0.3 is 0 Å². The lowest BCUT2D eigenvalue weighted by Gasteiger charge is -2.13. The Bertz CT molecular complexity index is 3520. The highest BCUT2D eigenvalue weighted by molar-refractivity contribution is 7.26. The van der Waals surface area contributed by atoms with Crippen LogP contribution in [0.2, 0.25) is 0 Å². The third-order valence-corrected chi connectivity index (χ3v) is 10.3. The summed E-state index contributed by atoms with van der Waals surface area (Å²) in [6.45, 7) is 0. The standard InChI is InChI=1S/C51H33N3S/c1-5-15-34(16-6-1)38-23-13-24-39(29-38)49-52-50(40-27-28-45-47(33-40)55-46-26-14-25-44(48(45)46)37-21-11-4-12-22-37)54-51(53-49)43-31-41(35-17-7-2-8-18-35)30-42(32-43)36-19-9-3-10-20-36/h1-33H/i4D,11D,12D,14D,21D,22D,25D,26D,27D,28D,33D. The first kappa shape index (κ1) is 22.9. The zero-order valence-corrected chi connectivity index (χ0v) is 29.8. The van der Waals surface area contributed by atoms with E-state index in [1.165, 1.54) is 0 Å². The molecule has 4 heteroatoms. The Hall–Kier alpha value is -7.01. The Balaban J connectivity index is 1.27. The number of benzene rings is 8. The lowest BCUT2D eigenvalue weighted by molar-refractivity contribution is 1.07. The van der Waals surface area contributed by atoms with Crippen LogP contribution in [0.25, 0.3) is 98.8 Å². The second-order valence-corrected chi connectivity index (χ2v) is 13.8. The zero-order valence-electron chi connectivity index (χ0n) is 40.0. The van der Waals surface area contributed by atoms with Gasteiger partial charge in [0.2, 0.25) is 0 Å². The van der Waals surface area contributed by atoms with Crippen LogP contribution in [0.1, 0.15) is 15.1 Å². The highest BCUT2D eigenvalue weighted by atomic mass is 32.1. The molecule has 0 bridgehead atoms. The maximum absolute atomic E-state index is 9.76. The van der Waals surface area contributed by atoms with E-state index in [2.05, 4.69) is 6.07 Å². The van der Waals surface area contributed by atoms with Crippen LogP contribution in [0.5, 0.6) is 0 Å². The average molecular weight is 731 g/mol. The summed E-state index contributed by atoms with van der Waals surface area (Å²) >= 11 is 0.895. The van der Waals surface area contributed by atoms with Crippen molar-refractivity contribution >= 4 is 31.5 Å². The fourth-order valence-corrected chi connectivity index (χ4v) is 7.71. The molecule has 0 amide bonds. The second kappa shape index (κ2) is 14.1. The molecule has 0 fully saturated rings. The predicted molar refractivity (Wildman–Crippen MR) is 231 cm³/mol. The average Bonchev–Trinajstić information content (AvgIpc) is 3.76. The van der Waals surface area contributed by atoms with E-state index in [9.17, 15) is 4.11 Å². The number of aromatic nitrogens is 3. The first-order chi connectivity index (χ1) is 31.8. The molecule has 2 aromatic heterocycles. The first-order valence-corrected chi connectivity index (χ1v) is 18.4. The van der Waals surface area contributed by atoms with Crippen LogP contribution in [0.4, 0.5) is 0 Å². The summed E-state index contributed by atoms with van der Waals surface area (Å²) in [6, 6.07) is 37.5. The number of fused-ring (bicyclic) bond motifs is 3. The predicted octanol–water partition coefficient (Wildman–Crippen LogP) is 13.9. The SMILES string of the molecule is [2H]c1c([2H])c([2H])c(-c2c([2H])c([2H])c([2H])c3sc4c([2H])c(-c5nc(-c6cccc(-c7ccccc7)c6)nc(-c6cc(-c7ccccc7)cc(-c7ccccc7)c6)n5)c([2H])c([2H])c4c23)c([2H])c1[2H]. The van der Waals surface area contributed by atoms with Crippen LogP contribution < -0.4 is 0 Å². The third kappa shape index (κ3) is 6.39. The van der Waals surface area contributed by atoms with Gasteiger partial charge in [-0.15, -0.1) is 11.3 Å².